The van der Waals surface area contributed by atoms with Gasteiger partial charge in [0.1, 0.15) is 12.2 Å². The van der Waals surface area contributed by atoms with Crippen LogP contribution in [0.15, 0.2) is 6.33 Å². The molecule has 1 aromatic rings. The normalized spacial score (nSPS) is 26.5. The third-order valence-electron chi connectivity index (χ3n) is 4.21. The van der Waals surface area contributed by atoms with E-state index in [1.165, 1.54) is 57.3 Å². The molecule has 4 heteroatoms. The molecule has 3 rings (SSSR count). The molecular formula is C13H22N4. The first-order valence-corrected chi connectivity index (χ1v) is 7.05. The maximum atomic E-state index is 4.33. The van der Waals surface area contributed by atoms with Crippen LogP contribution in [-0.2, 0) is 6.42 Å². The van der Waals surface area contributed by atoms with Crippen LogP contribution in [0, 0.1) is 0 Å². The van der Waals surface area contributed by atoms with Gasteiger partial charge in [-0.15, -0.1) is 10.2 Å². The Hall–Kier alpha value is -0.900. The molecule has 2 aliphatic rings. The third kappa shape index (κ3) is 2.51. The second kappa shape index (κ2) is 5.17. The van der Waals surface area contributed by atoms with Gasteiger partial charge >= 0.3 is 0 Å². The summed E-state index contributed by atoms with van der Waals surface area (Å²) in [7, 11) is 0. The summed E-state index contributed by atoms with van der Waals surface area (Å²) in [5.41, 5.74) is 0. The van der Waals surface area contributed by atoms with Crippen LogP contribution in [0.3, 0.4) is 0 Å². The van der Waals surface area contributed by atoms with Crippen LogP contribution in [0.4, 0.5) is 0 Å². The summed E-state index contributed by atoms with van der Waals surface area (Å²) in [5, 5.41) is 12.0. The topological polar surface area (TPSA) is 42.7 Å². The van der Waals surface area contributed by atoms with E-state index >= 15 is 0 Å². The fourth-order valence-corrected chi connectivity index (χ4v) is 3.23. The zero-order valence-corrected chi connectivity index (χ0v) is 10.4. The van der Waals surface area contributed by atoms with E-state index in [-0.39, 0.29) is 0 Å². The molecule has 17 heavy (non-hydrogen) atoms. The molecule has 2 fully saturated rings. The molecule has 0 radical (unpaired) electrons. The second-order valence-corrected chi connectivity index (χ2v) is 5.44. The predicted octanol–water partition coefficient (Wildman–Crippen LogP) is 2.08. The minimum atomic E-state index is 0.626. The number of nitrogens with zero attached hydrogens (tertiary/aromatic N) is 3. The minimum absolute atomic E-state index is 0.626. The van der Waals surface area contributed by atoms with Gasteiger partial charge in [-0.1, -0.05) is 19.3 Å². The van der Waals surface area contributed by atoms with Crippen molar-refractivity contribution in [1.29, 1.82) is 0 Å². The summed E-state index contributed by atoms with van der Waals surface area (Å²) < 4.78 is 2.35. The van der Waals surface area contributed by atoms with Gasteiger partial charge in [-0.05, 0) is 32.2 Å². The van der Waals surface area contributed by atoms with Crippen molar-refractivity contribution < 1.29 is 0 Å². The smallest absolute Gasteiger partial charge is 0.134 e. The van der Waals surface area contributed by atoms with Crippen molar-refractivity contribution in [3.05, 3.63) is 12.2 Å². The van der Waals surface area contributed by atoms with E-state index in [1.54, 1.807) is 0 Å². The molecule has 1 aromatic heterocycles. The van der Waals surface area contributed by atoms with Crippen LogP contribution >= 0.6 is 0 Å². The van der Waals surface area contributed by atoms with Crippen LogP contribution < -0.4 is 5.32 Å². The quantitative estimate of drug-likeness (QED) is 0.870. The summed E-state index contributed by atoms with van der Waals surface area (Å²) >= 11 is 0. The highest BCUT2D eigenvalue weighted by Crippen LogP contribution is 2.29. The SMILES string of the molecule is c1nnc(CC2CCCN2)n1C1CCCCC1. The number of nitrogens with one attached hydrogen (secondary N) is 1. The molecular weight excluding hydrogens is 212 g/mol. The Morgan fingerprint density at radius 2 is 2.06 bits per heavy atom. The maximum Gasteiger partial charge on any atom is 0.134 e. The minimum Gasteiger partial charge on any atom is -0.314 e. The fourth-order valence-electron chi connectivity index (χ4n) is 3.23. The summed E-state index contributed by atoms with van der Waals surface area (Å²) in [5.74, 6) is 1.19. The van der Waals surface area contributed by atoms with Crippen LogP contribution in [-0.4, -0.2) is 27.4 Å². The van der Waals surface area contributed by atoms with E-state index in [2.05, 4.69) is 20.1 Å². The van der Waals surface area contributed by atoms with E-state index in [0.29, 0.717) is 12.1 Å². The van der Waals surface area contributed by atoms with Gasteiger partial charge in [0.05, 0.1) is 0 Å². The van der Waals surface area contributed by atoms with Crippen LogP contribution in [0.1, 0.15) is 56.8 Å². The predicted molar refractivity (Wildman–Crippen MR) is 66.9 cm³/mol. The molecule has 94 valence electrons. The molecule has 0 spiro atoms. The highest BCUT2D eigenvalue weighted by Gasteiger charge is 2.21. The standard InChI is InChI=1S/C13H22N4/c1-2-6-12(7-3-1)17-10-15-16-13(17)9-11-5-4-8-14-11/h10-12,14H,1-9H2. The van der Waals surface area contributed by atoms with Gasteiger partial charge in [0.15, 0.2) is 0 Å². The van der Waals surface area contributed by atoms with Crippen LogP contribution in [0.25, 0.3) is 0 Å². The Balaban J connectivity index is 1.69. The van der Waals surface area contributed by atoms with Gasteiger partial charge in [-0.3, -0.25) is 0 Å². The zero-order chi connectivity index (χ0) is 11.5. The molecule has 0 bridgehead atoms. The monoisotopic (exact) mass is 234 g/mol. The Kier molecular flexibility index (Phi) is 3.41. The average molecular weight is 234 g/mol. The van der Waals surface area contributed by atoms with Crippen molar-refractivity contribution in [2.24, 2.45) is 0 Å². The Morgan fingerprint density at radius 1 is 1.18 bits per heavy atom. The second-order valence-electron chi connectivity index (χ2n) is 5.44. The van der Waals surface area contributed by atoms with E-state index in [0.717, 1.165) is 6.42 Å². The summed E-state index contributed by atoms with van der Waals surface area (Å²) in [6.45, 7) is 1.17. The van der Waals surface area contributed by atoms with Gasteiger partial charge in [0.25, 0.3) is 0 Å². The molecule has 1 aliphatic carbocycles. The highest BCUT2D eigenvalue weighted by atomic mass is 15.3. The first-order valence-electron chi connectivity index (χ1n) is 7.05. The van der Waals surface area contributed by atoms with Crippen molar-refractivity contribution >= 4 is 0 Å². The van der Waals surface area contributed by atoms with Crippen molar-refractivity contribution in [3.8, 4) is 0 Å². The molecule has 1 atom stereocenters. The molecule has 1 saturated carbocycles. The van der Waals surface area contributed by atoms with E-state index in [1.807, 2.05) is 6.33 Å². The number of aromatic nitrogens is 3. The Labute approximate surface area is 103 Å². The molecule has 1 unspecified atom stereocenters. The van der Waals surface area contributed by atoms with Crippen molar-refractivity contribution in [2.45, 2.75) is 63.5 Å². The van der Waals surface area contributed by atoms with E-state index in [9.17, 15) is 0 Å². The van der Waals surface area contributed by atoms with Crippen molar-refractivity contribution in [1.82, 2.24) is 20.1 Å². The maximum absolute atomic E-state index is 4.33. The largest absolute Gasteiger partial charge is 0.314 e. The first-order chi connectivity index (χ1) is 8.43. The van der Waals surface area contributed by atoms with E-state index in [4.69, 9.17) is 0 Å². The molecule has 2 heterocycles. The van der Waals surface area contributed by atoms with Gasteiger partial charge in [-0.25, -0.2) is 0 Å². The van der Waals surface area contributed by atoms with Crippen LogP contribution in [0.2, 0.25) is 0 Å². The highest BCUT2D eigenvalue weighted by molar-refractivity contribution is 4.95. The molecule has 0 aromatic carbocycles. The zero-order valence-electron chi connectivity index (χ0n) is 10.4. The molecule has 1 aliphatic heterocycles. The number of rotatable bonds is 3. The molecule has 1 N–H and O–H groups in total. The number of hydrogen-bond donors (Lipinski definition) is 1. The van der Waals surface area contributed by atoms with Crippen molar-refractivity contribution in [2.75, 3.05) is 6.54 Å². The average Bonchev–Trinajstić information content (AvgIpc) is 3.02. The molecule has 1 saturated heterocycles. The van der Waals surface area contributed by atoms with Gasteiger partial charge in [0, 0.05) is 18.5 Å². The van der Waals surface area contributed by atoms with Gasteiger partial charge in [-0.2, -0.15) is 0 Å². The van der Waals surface area contributed by atoms with Gasteiger partial charge < -0.3 is 9.88 Å². The molecule has 0 amide bonds. The summed E-state index contributed by atoms with van der Waals surface area (Å²) in [6.07, 6.45) is 12.3. The summed E-state index contributed by atoms with van der Waals surface area (Å²) in [4.78, 5) is 0. The lowest BCUT2D eigenvalue weighted by molar-refractivity contribution is 0.342. The molecule has 4 nitrogen and oxygen atoms in total. The fraction of sp³-hybridized carbons (Fsp3) is 0.846. The lowest BCUT2D eigenvalue weighted by Gasteiger charge is -2.24. The summed E-state index contributed by atoms with van der Waals surface area (Å²) in [6, 6.07) is 1.29. The number of hydrogen-bond acceptors (Lipinski definition) is 3. The van der Waals surface area contributed by atoms with E-state index < -0.39 is 0 Å². The third-order valence-corrected chi connectivity index (χ3v) is 4.21. The van der Waals surface area contributed by atoms with Crippen molar-refractivity contribution in [3.63, 3.8) is 0 Å². The van der Waals surface area contributed by atoms with Gasteiger partial charge in [0.2, 0.25) is 0 Å². The first kappa shape index (κ1) is 11.2. The lowest BCUT2D eigenvalue weighted by Crippen LogP contribution is -2.26. The lowest BCUT2D eigenvalue weighted by atomic mass is 9.95. The van der Waals surface area contributed by atoms with Crippen LogP contribution in [0.5, 0.6) is 0 Å². The Bertz CT molecular complexity index is 348. The Morgan fingerprint density at radius 3 is 2.82 bits per heavy atom.